The Hall–Kier alpha value is -4.66. The number of nitrogens with zero attached hydrogens (tertiary/aromatic N) is 2. The van der Waals surface area contributed by atoms with Crippen molar-refractivity contribution in [3.63, 3.8) is 0 Å². The van der Waals surface area contributed by atoms with Gasteiger partial charge in [-0.3, -0.25) is 14.6 Å². The van der Waals surface area contributed by atoms with E-state index in [2.05, 4.69) is 16.1 Å². The van der Waals surface area contributed by atoms with Gasteiger partial charge in [-0.15, -0.1) is 0 Å². The lowest BCUT2D eigenvalue weighted by Crippen LogP contribution is -2.55. The van der Waals surface area contributed by atoms with Gasteiger partial charge in [0.1, 0.15) is 11.8 Å². The van der Waals surface area contributed by atoms with Crippen LogP contribution >= 0.6 is 0 Å². The lowest BCUT2D eigenvalue weighted by atomic mass is 10.00. The summed E-state index contributed by atoms with van der Waals surface area (Å²) in [6.45, 7) is 2.92. The summed E-state index contributed by atoms with van der Waals surface area (Å²) in [7, 11) is 0. The molecule has 1 fully saturated rings. The molecule has 8 nitrogen and oxygen atoms in total. The molecule has 0 spiro atoms. The average Bonchev–Trinajstić information content (AvgIpc) is 3.72. The van der Waals surface area contributed by atoms with E-state index in [1.165, 1.54) is 31.2 Å². The molecule has 11 heteroatoms. The number of ether oxygens (including phenoxy) is 1. The smallest absolute Gasteiger partial charge is 0.368 e. The van der Waals surface area contributed by atoms with Crippen molar-refractivity contribution < 1.29 is 27.5 Å². The molecule has 1 saturated carbocycles. The summed E-state index contributed by atoms with van der Waals surface area (Å²) in [5.41, 5.74) is 2.63. The lowest BCUT2D eigenvalue weighted by molar-refractivity contribution is -0.174. The molecule has 1 heterocycles. The fourth-order valence-electron chi connectivity index (χ4n) is 4.71. The highest BCUT2D eigenvalue weighted by atomic mass is 19.4. The van der Waals surface area contributed by atoms with E-state index >= 15 is 0 Å². The second-order valence-corrected chi connectivity index (χ2v) is 10.9. The number of anilines is 3. The number of amides is 2. The predicted octanol–water partition coefficient (Wildman–Crippen LogP) is 6.20. The molecule has 3 N–H and O–H groups in total. The van der Waals surface area contributed by atoms with Crippen LogP contribution in [0.15, 0.2) is 84.6 Å². The third-order valence-electron chi connectivity index (χ3n) is 7.24. The molecular weight excluding hydrogens is 559 g/mol. The van der Waals surface area contributed by atoms with Crippen molar-refractivity contribution in [2.24, 2.45) is 5.92 Å². The van der Waals surface area contributed by atoms with Gasteiger partial charge in [0.15, 0.2) is 5.54 Å². The zero-order valence-electron chi connectivity index (χ0n) is 23.5. The monoisotopic (exact) mass is 589 g/mol. The number of carbonyl (C=O) groups excluding carboxylic acids is 2. The molecule has 2 amide bonds. The summed E-state index contributed by atoms with van der Waals surface area (Å²) < 4.78 is 48.3. The van der Waals surface area contributed by atoms with Crippen molar-refractivity contribution in [3.8, 4) is 6.07 Å². The zero-order chi connectivity index (χ0) is 30.8. The number of alkyl halides is 3. The quantitative estimate of drug-likeness (QED) is 0.274. The van der Waals surface area contributed by atoms with Crippen LogP contribution in [0.4, 0.5) is 30.2 Å². The number of nitrogens with one attached hydrogen (secondary N) is 3. The zero-order valence-corrected chi connectivity index (χ0v) is 23.5. The normalized spacial score (nSPS) is 18.9. The molecule has 0 radical (unpaired) electrons. The van der Waals surface area contributed by atoms with Crippen LogP contribution in [0.5, 0.6) is 0 Å². The van der Waals surface area contributed by atoms with Gasteiger partial charge < -0.3 is 15.4 Å². The second kappa shape index (κ2) is 11.9. The summed E-state index contributed by atoms with van der Waals surface area (Å²) in [5, 5.41) is 15.8. The molecule has 43 heavy (non-hydrogen) atoms. The Morgan fingerprint density at radius 2 is 1.77 bits per heavy atom. The Balaban J connectivity index is 1.42. The molecule has 2 aliphatic rings. The fourth-order valence-corrected chi connectivity index (χ4v) is 4.71. The molecule has 0 saturated heterocycles. The SMILES string of the molecule is CC(=O)Nc1ccc(C(OCC2CC2)c2cccc(NC(=O)C3=CC(C)(C(F)(F)F)NN3c3cccc(C#N)c3)c2)cc1. The van der Waals surface area contributed by atoms with Gasteiger partial charge in [0.2, 0.25) is 5.91 Å². The van der Waals surface area contributed by atoms with Gasteiger partial charge in [-0.2, -0.15) is 18.4 Å². The van der Waals surface area contributed by atoms with Crippen LogP contribution in [0.2, 0.25) is 0 Å². The van der Waals surface area contributed by atoms with Crippen LogP contribution in [-0.2, 0) is 14.3 Å². The Morgan fingerprint density at radius 1 is 1.05 bits per heavy atom. The first-order chi connectivity index (χ1) is 20.5. The molecular formula is C32H30F3N5O3. The minimum atomic E-state index is -4.71. The van der Waals surface area contributed by atoms with E-state index in [-0.39, 0.29) is 22.9 Å². The standard InChI is InChI=1S/C32H30F3N5O3/c1-20(41)37-25-13-11-23(12-14-25)29(43-19-21-9-10-21)24-6-4-7-26(16-24)38-30(42)28-17-31(2,32(33,34)35)39-40(28)27-8-3-5-22(15-27)18-36/h3-8,11-17,21,29,39H,9-10,19H2,1-2H3,(H,37,41)(H,38,42). The third-order valence-corrected chi connectivity index (χ3v) is 7.24. The van der Waals surface area contributed by atoms with Gasteiger partial charge >= 0.3 is 6.18 Å². The van der Waals surface area contributed by atoms with E-state index in [0.29, 0.717) is 23.9 Å². The molecule has 2 unspecified atom stereocenters. The first kappa shape index (κ1) is 29.8. The summed E-state index contributed by atoms with van der Waals surface area (Å²) in [4.78, 5) is 24.9. The molecule has 3 aromatic carbocycles. The number of hydrazine groups is 1. The summed E-state index contributed by atoms with van der Waals surface area (Å²) in [6.07, 6.45) is -2.16. The topological polar surface area (TPSA) is 106 Å². The molecule has 2 atom stereocenters. The Kier molecular flexibility index (Phi) is 8.26. The van der Waals surface area contributed by atoms with Gasteiger partial charge in [0, 0.05) is 18.3 Å². The number of carbonyl (C=O) groups is 2. The van der Waals surface area contributed by atoms with Crippen LogP contribution in [0.25, 0.3) is 0 Å². The third kappa shape index (κ3) is 6.88. The predicted molar refractivity (Wildman–Crippen MR) is 156 cm³/mol. The number of rotatable bonds is 9. The molecule has 3 aromatic rings. The number of halogens is 3. The van der Waals surface area contributed by atoms with Crippen molar-refractivity contribution in [1.82, 2.24) is 5.43 Å². The highest BCUT2D eigenvalue weighted by molar-refractivity contribution is 6.06. The molecule has 5 rings (SSSR count). The van der Waals surface area contributed by atoms with Crippen molar-refractivity contribution in [1.29, 1.82) is 5.26 Å². The van der Waals surface area contributed by atoms with Crippen LogP contribution in [-0.4, -0.2) is 30.1 Å². The maximum atomic E-state index is 14.0. The highest BCUT2D eigenvalue weighted by Crippen LogP contribution is 2.39. The number of hydrogen-bond donors (Lipinski definition) is 3. The minimum absolute atomic E-state index is 0.183. The van der Waals surface area contributed by atoms with Gasteiger partial charge in [0.05, 0.1) is 23.9 Å². The summed E-state index contributed by atoms with van der Waals surface area (Å²) in [6, 6.07) is 22.2. The van der Waals surface area contributed by atoms with E-state index in [9.17, 15) is 28.0 Å². The average molecular weight is 590 g/mol. The van der Waals surface area contributed by atoms with Crippen LogP contribution in [0, 0.1) is 17.2 Å². The highest BCUT2D eigenvalue weighted by Gasteiger charge is 2.55. The van der Waals surface area contributed by atoms with Crippen LogP contribution < -0.4 is 21.1 Å². The number of benzene rings is 3. The molecule has 1 aliphatic heterocycles. The van der Waals surface area contributed by atoms with Gasteiger partial charge in [-0.05, 0) is 85.4 Å². The molecule has 0 aromatic heterocycles. The Labute approximate surface area is 247 Å². The van der Waals surface area contributed by atoms with E-state index in [4.69, 9.17) is 4.74 Å². The molecule has 1 aliphatic carbocycles. The molecule has 0 bridgehead atoms. The minimum Gasteiger partial charge on any atom is -0.368 e. The second-order valence-electron chi connectivity index (χ2n) is 10.9. The maximum absolute atomic E-state index is 14.0. The fraction of sp³-hybridized carbons (Fsp3) is 0.281. The van der Waals surface area contributed by atoms with Gasteiger partial charge in [-0.25, -0.2) is 5.43 Å². The summed E-state index contributed by atoms with van der Waals surface area (Å²) >= 11 is 0. The first-order valence-electron chi connectivity index (χ1n) is 13.7. The van der Waals surface area contributed by atoms with E-state index in [1.807, 2.05) is 24.3 Å². The first-order valence-corrected chi connectivity index (χ1v) is 13.7. The van der Waals surface area contributed by atoms with E-state index in [0.717, 1.165) is 42.0 Å². The summed E-state index contributed by atoms with van der Waals surface area (Å²) in [5.74, 6) is -0.466. The van der Waals surface area contributed by atoms with Crippen molar-refractivity contribution in [2.75, 3.05) is 22.2 Å². The van der Waals surface area contributed by atoms with E-state index < -0.39 is 23.7 Å². The Morgan fingerprint density at radius 3 is 2.42 bits per heavy atom. The largest absolute Gasteiger partial charge is 0.411 e. The van der Waals surface area contributed by atoms with Gasteiger partial charge in [-0.1, -0.05) is 30.3 Å². The number of nitriles is 1. The van der Waals surface area contributed by atoms with Crippen LogP contribution in [0.3, 0.4) is 0 Å². The van der Waals surface area contributed by atoms with E-state index in [1.54, 1.807) is 30.3 Å². The van der Waals surface area contributed by atoms with Crippen molar-refractivity contribution in [3.05, 3.63) is 101 Å². The number of hydrogen-bond acceptors (Lipinski definition) is 6. The van der Waals surface area contributed by atoms with Crippen molar-refractivity contribution >= 4 is 28.9 Å². The van der Waals surface area contributed by atoms with Gasteiger partial charge in [0.25, 0.3) is 5.91 Å². The van der Waals surface area contributed by atoms with Crippen LogP contribution in [0.1, 0.15) is 49.5 Å². The lowest BCUT2D eigenvalue weighted by Gasteiger charge is -2.30. The molecule has 222 valence electrons. The Bertz CT molecular complexity index is 1590. The maximum Gasteiger partial charge on any atom is 0.411 e. The van der Waals surface area contributed by atoms with Crippen molar-refractivity contribution in [2.45, 2.75) is 44.5 Å².